The van der Waals surface area contributed by atoms with Crippen LogP contribution >= 0.6 is 22.6 Å². The molecule has 3 heterocycles. The Morgan fingerprint density at radius 2 is 2.20 bits per heavy atom. The quantitative estimate of drug-likeness (QED) is 0.713. The van der Waals surface area contributed by atoms with E-state index in [2.05, 4.69) is 37.7 Å². The Morgan fingerprint density at radius 1 is 1.45 bits per heavy atom. The van der Waals surface area contributed by atoms with E-state index in [0.717, 1.165) is 9.09 Å². The van der Waals surface area contributed by atoms with Crippen molar-refractivity contribution in [2.75, 3.05) is 25.1 Å². The monoisotopic (exact) mass is 408 g/mol. The first-order valence-corrected chi connectivity index (χ1v) is 8.90. The summed E-state index contributed by atoms with van der Waals surface area (Å²) < 4.78 is 27.1. The van der Waals surface area contributed by atoms with E-state index in [1.54, 1.807) is 4.68 Å². The van der Waals surface area contributed by atoms with Crippen molar-refractivity contribution in [2.24, 2.45) is 0 Å². The highest BCUT2D eigenvalue weighted by atomic mass is 127. The second-order valence-electron chi connectivity index (χ2n) is 4.76. The lowest BCUT2D eigenvalue weighted by molar-refractivity contribution is 0.442. The molecule has 1 fully saturated rings. The first-order chi connectivity index (χ1) is 9.38. The van der Waals surface area contributed by atoms with E-state index >= 15 is 0 Å². The second kappa shape index (κ2) is 4.77. The van der Waals surface area contributed by atoms with E-state index in [9.17, 15) is 8.42 Å². The molecule has 0 saturated carbocycles. The van der Waals surface area contributed by atoms with Crippen LogP contribution in [-0.2, 0) is 10.0 Å². The van der Waals surface area contributed by atoms with Crippen molar-refractivity contribution in [3.05, 3.63) is 10.0 Å². The fourth-order valence-corrected chi connectivity index (χ4v) is 4.05. The standard InChI is InChI=1S/C10H13IN6O2S/c1-20(18,19)16-3-2-6(4-16)17-10-7(8(11)15-17)9(12)13-5-14-10/h5-6H,2-4H2,1H3,(H2,12,13,14)/t6-/m1/s1. The highest BCUT2D eigenvalue weighted by molar-refractivity contribution is 14.1. The number of halogens is 1. The summed E-state index contributed by atoms with van der Waals surface area (Å²) in [5.74, 6) is 0.392. The molecule has 8 nitrogen and oxygen atoms in total. The lowest BCUT2D eigenvalue weighted by Crippen LogP contribution is -2.28. The molecule has 1 aliphatic rings. The van der Waals surface area contributed by atoms with Crippen molar-refractivity contribution < 1.29 is 8.42 Å². The number of hydrogen-bond donors (Lipinski definition) is 1. The number of nitrogen functional groups attached to an aromatic ring is 1. The zero-order valence-corrected chi connectivity index (χ0v) is 13.7. The van der Waals surface area contributed by atoms with Crippen LogP contribution in [0.2, 0.25) is 0 Å². The number of nitrogens with zero attached hydrogens (tertiary/aromatic N) is 5. The molecule has 0 bridgehead atoms. The maximum atomic E-state index is 11.6. The fourth-order valence-electron chi connectivity index (χ4n) is 2.42. The van der Waals surface area contributed by atoms with Gasteiger partial charge in [-0.05, 0) is 29.0 Å². The van der Waals surface area contributed by atoms with Gasteiger partial charge in [-0.2, -0.15) is 9.40 Å². The SMILES string of the molecule is CS(=O)(=O)N1CC[C@@H](n2nc(I)c3c(N)ncnc32)C1. The summed E-state index contributed by atoms with van der Waals surface area (Å²) in [6.45, 7) is 0.914. The number of hydrogen-bond acceptors (Lipinski definition) is 6. The van der Waals surface area contributed by atoms with Gasteiger partial charge in [-0.3, -0.25) is 0 Å². The molecule has 1 aliphatic heterocycles. The summed E-state index contributed by atoms with van der Waals surface area (Å²) in [4.78, 5) is 8.20. The lowest BCUT2D eigenvalue weighted by atomic mass is 10.2. The third-order valence-corrected chi connectivity index (χ3v) is 5.44. The molecule has 2 N–H and O–H groups in total. The summed E-state index contributed by atoms with van der Waals surface area (Å²) in [5, 5.41) is 5.18. The molecule has 2 aromatic heterocycles. The van der Waals surface area contributed by atoms with Crippen molar-refractivity contribution >= 4 is 49.5 Å². The topological polar surface area (TPSA) is 107 Å². The van der Waals surface area contributed by atoms with Gasteiger partial charge < -0.3 is 5.73 Å². The van der Waals surface area contributed by atoms with Gasteiger partial charge in [0.2, 0.25) is 10.0 Å². The zero-order chi connectivity index (χ0) is 14.5. The van der Waals surface area contributed by atoms with Crippen molar-refractivity contribution in [3.63, 3.8) is 0 Å². The Kier molecular flexibility index (Phi) is 3.33. The number of nitrogens with two attached hydrogens (primary N) is 1. The minimum Gasteiger partial charge on any atom is -0.383 e. The van der Waals surface area contributed by atoms with Crippen LogP contribution < -0.4 is 5.73 Å². The Labute approximate surface area is 129 Å². The van der Waals surface area contributed by atoms with Crippen molar-refractivity contribution in [2.45, 2.75) is 12.5 Å². The summed E-state index contributed by atoms with van der Waals surface area (Å²) >= 11 is 2.09. The van der Waals surface area contributed by atoms with Crippen molar-refractivity contribution in [1.29, 1.82) is 0 Å². The molecule has 0 radical (unpaired) electrons. The van der Waals surface area contributed by atoms with Crippen molar-refractivity contribution in [1.82, 2.24) is 24.1 Å². The van der Waals surface area contributed by atoms with Gasteiger partial charge in [-0.1, -0.05) is 0 Å². The van der Waals surface area contributed by atoms with Gasteiger partial charge >= 0.3 is 0 Å². The Morgan fingerprint density at radius 3 is 2.85 bits per heavy atom. The van der Waals surface area contributed by atoms with Crippen LogP contribution in [0, 0.1) is 3.70 Å². The smallest absolute Gasteiger partial charge is 0.211 e. The summed E-state index contributed by atoms with van der Waals surface area (Å²) in [6, 6.07) is -0.0231. The average Bonchev–Trinajstić information content (AvgIpc) is 2.94. The molecule has 0 aliphatic carbocycles. The number of fused-ring (bicyclic) bond motifs is 1. The van der Waals surface area contributed by atoms with Crippen LogP contribution in [0.15, 0.2) is 6.33 Å². The van der Waals surface area contributed by atoms with Gasteiger partial charge in [0.15, 0.2) is 5.65 Å². The van der Waals surface area contributed by atoms with E-state index < -0.39 is 10.0 Å². The predicted octanol–water partition coefficient (Wildman–Crippen LogP) is 0.219. The number of sulfonamides is 1. The average molecular weight is 408 g/mol. The van der Waals surface area contributed by atoms with Crippen LogP contribution in [0.25, 0.3) is 11.0 Å². The molecule has 10 heteroatoms. The molecule has 0 unspecified atom stereocenters. The largest absolute Gasteiger partial charge is 0.383 e. The molecular weight excluding hydrogens is 395 g/mol. The summed E-state index contributed by atoms with van der Waals surface area (Å²) in [7, 11) is -3.17. The van der Waals surface area contributed by atoms with E-state index in [4.69, 9.17) is 5.73 Å². The van der Waals surface area contributed by atoms with Gasteiger partial charge in [-0.15, -0.1) is 0 Å². The lowest BCUT2D eigenvalue weighted by Gasteiger charge is -2.13. The van der Waals surface area contributed by atoms with Gasteiger partial charge in [0.05, 0.1) is 17.7 Å². The van der Waals surface area contributed by atoms with E-state index in [1.807, 2.05) is 0 Å². The minimum absolute atomic E-state index is 0.0231. The third-order valence-electron chi connectivity index (χ3n) is 3.42. The van der Waals surface area contributed by atoms with E-state index in [0.29, 0.717) is 31.0 Å². The number of aromatic nitrogens is 4. The molecule has 2 aromatic rings. The van der Waals surface area contributed by atoms with Gasteiger partial charge in [0.1, 0.15) is 15.8 Å². The van der Waals surface area contributed by atoms with Gasteiger partial charge in [-0.25, -0.2) is 23.1 Å². The molecule has 20 heavy (non-hydrogen) atoms. The van der Waals surface area contributed by atoms with Crippen LogP contribution in [0.3, 0.4) is 0 Å². The van der Waals surface area contributed by atoms with Crippen LogP contribution in [0.5, 0.6) is 0 Å². The molecule has 1 saturated heterocycles. The fraction of sp³-hybridized carbons (Fsp3) is 0.500. The van der Waals surface area contributed by atoms with Crippen molar-refractivity contribution in [3.8, 4) is 0 Å². The molecule has 0 spiro atoms. The molecule has 0 aromatic carbocycles. The molecule has 3 rings (SSSR count). The number of rotatable bonds is 2. The first-order valence-electron chi connectivity index (χ1n) is 5.97. The third kappa shape index (κ3) is 2.24. The van der Waals surface area contributed by atoms with Gasteiger partial charge in [0, 0.05) is 13.1 Å². The second-order valence-corrected chi connectivity index (χ2v) is 7.76. The summed E-state index contributed by atoms with van der Waals surface area (Å²) in [6.07, 6.45) is 3.33. The zero-order valence-electron chi connectivity index (χ0n) is 10.7. The predicted molar refractivity (Wildman–Crippen MR) is 82.5 cm³/mol. The van der Waals surface area contributed by atoms with Crippen LogP contribution in [0.1, 0.15) is 12.5 Å². The Balaban J connectivity index is 2.03. The van der Waals surface area contributed by atoms with E-state index in [-0.39, 0.29) is 6.04 Å². The van der Waals surface area contributed by atoms with Crippen LogP contribution in [-0.4, -0.2) is 51.8 Å². The molecular formula is C10H13IN6O2S. The highest BCUT2D eigenvalue weighted by Gasteiger charge is 2.31. The minimum atomic E-state index is -3.17. The maximum Gasteiger partial charge on any atom is 0.211 e. The Hall–Kier alpha value is -1.01. The van der Waals surface area contributed by atoms with Gasteiger partial charge in [0.25, 0.3) is 0 Å². The van der Waals surface area contributed by atoms with E-state index in [1.165, 1.54) is 16.9 Å². The summed E-state index contributed by atoms with van der Waals surface area (Å²) in [5.41, 5.74) is 6.50. The number of anilines is 1. The highest BCUT2D eigenvalue weighted by Crippen LogP contribution is 2.29. The normalized spacial score (nSPS) is 20.8. The molecule has 108 valence electrons. The molecule has 0 amide bonds. The first kappa shape index (κ1) is 13.9. The Bertz CT molecular complexity index is 773. The van der Waals surface area contributed by atoms with Crippen LogP contribution in [0.4, 0.5) is 5.82 Å². The molecule has 1 atom stereocenters. The maximum absolute atomic E-state index is 11.6.